The lowest BCUT2D eigenvalue weighted by molar-refractivity contribution is -0.528. The molecule has 0 saturated heterocycles. The average molecular weight is 265 g/mol. The van der Waals surface area contributed by atoms with E-state index in [-0.39, 0.29) is 20.8 Å². The topological polar surface area (TPSA) is 56.8 Å². The maximum absolute atomic E-state index is 10.6. The molecule has 0 radical (unpaired) electrons. The summed E-state index contributed by atoms with van der Waals surface area (Å²) in [5.41, 5.74) is 0. The van der Waals surface area contributed by atoms with Crippen molar-refractivity contribution in [1.82, 2.24) is 5.32 Å². The van der Waals surface area contributed by atoms with Crippen LogP contribution in [0.2, 0.25) is 0 Å². The fraction of sp³-hybridized carbons (Fsp3) is 0.769. The standard InChI is InChI=1S/C9H19NO4.C2H4.2CH4/c1-5-7(2)6-12-14-13-9(4)10-8(3)11;1-2;;/h7,9H,5-6H2,1-4H3,(H,10,11);1-2H2;2*1H4. The Morgan fingerprint density at radius 1 is 1.28 bits per heavy atom. The highest BCUT2D eigenvalue weighted by Gasteiger charge is 2.05. The molecule has 0 fully saturated rings. The van der Waals surface area contributed by atoms with Gasteiger partial charge in [0.1, 0.15) is 0 Å². The van der Waals surface area contributed by atoms with Crippen molar-refractivity contribution in [2.45, 2.75) is 55.2 Å². The van der Waals surface area contributed by atoms with Crippen molar-refractivity contribution in [2.75, 3.05) is 6.61 Å². The van der Waals surface area contributed by atoms with Crippen LogP contribution in [0.25, 0.3) is 0 Å². The minimum atomic E-state index is -0.510. The van der Waals surface area contributed by atoms with Gasteiger partial charge in [-0.2, -0.15) is 4.89 Å². The highest BCUT2D eigenvalue weighted by atomic mass is 17.5. The number of carbonyl (C=O) groups is 1. The lowest BCUT2D eigenvalue weighted by Crippen LogP contribution is -2.32. The molecule has 0 aliphatic carbocycles. The maximum atomic E-state index is 10.6. The molecule has 0 heterocycles. The van der Waals surface area contributed by atoms with Gasteiger partial charge in [-0.1, -0.05) is 40.2 Å². The van der Waals surface area contributed by atoms with Crippen LogP contribution < -0.4 is 5.32 Å². The number of hydrogen-bond donors (Lipinski definition) is 1. The third-order valence-electron chi connectivity index (χ3n) is 1.69. The molecule has 0 aromatic heterocycles. The first-order chi connectivity index (χ1) is 7.56. The van der Waals surface area contributed by atoms with Crippen molar-refractivity contribution in [1.29, 1.82) is 0 Å². The number of rotatable bonds is 7. The van der Waals surface area contributed by atoms with Gasteiger partial charge in [0.25, 0.3) is 0 Å². The molecule has 0 saturated carbocycles. The molecule has 5 nitrogen and oxygen atoms in total. The Morgan fingerprint density at radius 2 is 1.78 bits per heavy atom. The Balaban J connectivity index is -0.000000232. The summed E-state index contributed by atoms with van der Waals surface area (Å²) in [5.74, 6) is 0.248. The van der Waals surface area contributed by atoms with Crippen molar-refractivity contribution in [3.05, 3.63) is 13.2 Å². The summed E-state index contributed by atoms with van der Waals surface area (Å²) < 4.78 is 0. The SMILES string of the molecule is C.C.C=C.CCC(C)COOOC(C)NC(C)=O. The van der Waals surface area contributed by atoms with Gasteiger partial charge in [-0.15, -0.1) is 13.2 Å². The van der Waals surface area contributed by atoms with Crippen LogP contribution in [0.1, 0.15) is 49.0 Å². The maximum Gasteiger partial charge on any atom is 0.218 e. The van der Waals surface area contributed by atoms with Crippen LogP contribution in [0.4, 0.5) is 0 Å². The number of carbonyl (C=O) groups excluding carboxylic acids is 1. The average Bonchev–Trinajstić information content (AvgIpc) is 2.26. The molecule has 0 aliphatic rings. The first-order valence-electron chi connectivity index (χ1n) is 5.28. The molecular formula is C13H31NO4. The lowest BCUT2D eigenvalue weighted by Gasteiger charge is -2.12. The van der Waals surface area contributed by atoms with Gasteiger partial charge in [0.15, 0.2) is 6.23 Å². The minimum absolute atomic E-state index is 0. The Hall–Kier alpha value is -0.910. The Kier molecular flexibility index (Phi) is 26.5. The molecule has 18 heavy (non-hydrogen) atoms. The zero-order valence-corrected chi connectivity index (χ0v) is 10.6. The monoisotopic (exact) mass is 265 g/mol. The van der Waals surface area contributed by atoms with Gasteiger partial charge in [-0.05, 0) is 12.8 Å². The van der Waals surface area contributed by atoms with Crippen LogP contribution in [0.15, 0.2) is 13.2 Å². The molecule has 0 spiro atoms. The van der Waals surface area contributed by atoms with E-state index in [2.05, 4.69) is 30.4 Å². The van der Waals surface area contributed by atoms with E-state index in [0.29, 0.717) is 12.5 Å². The van der Waals surface area contributed by atoms with E-state index in [4.69, 9.17) is 9.78 Å². The highest BCUT2D eigenvalue weighted by Crippen LogP contribution is 2.01. The zero-order valence-electron chi connectivity index (χ0n) is 10.6. The molecule has 1 amide bonds. The van der Waals surface area contributed by atoms with E-state index in [1.807, 2.05) is 6.92 Å². The number of amides is 1. The van der Waals surface area contributed by atoms with Crippen molar-refractivity contribution in [3.8, 4) is 0 Å². The fourth-order valence-corrected chi connectivity index (χ4v) is 0.659. The van der Waals surface area contributed by atoms with Crippen LogP contribution in [-0.4, -0.2) is 18.7 Å². The van der Waals surface area contributed by atoms with Crippen LogP contribution in [0.5, 0.6) is 0 Å². The van der Waals surface area contributed by atoms with Crippen LogP contribution in [-0.2, 0) is 19.6 Å². The predicted octanol–water partition coefficient (Wildman–Crippen LogP) is 3.47. The summed E-state index contributed by atoms with van der Waals surface area (Å²) in [5, 5.41) is 6.93. The second-order valence-corrected chi connectivity index (χ2v) is 3.30. The van der Waals surface area contributed by atoms with Gasteiger partial charge in [0, 0.05) is 6.92 Å². The zero-order chi connectivity index (χ0) is 13.0. The second kappa shape index (κ2) is 18.5. The van der Waals surface area contributed by atoms with Gasteiger partial charge >= 0.3 is 0 Å². The summed E-state index contributed by atoms with van der Waals surface area (Å²) >= 11 is 0. The Morgan fingerprint density at radius 3 is 2.17 bits per heavy atom. The fourth-order valence-electron chi connectivity index (χ4n) is 0.659. The number of nitrogens with one attached hydrogen (secondary N) is 1. The molecule has 5 heteroatoms. The molecule has 2 atom stereocenters. The van der Waals surface area contributed by atoms with E-state index < -0.39 is 6.23 Å². The second-order valence-electron chi connectivity index (χ2n) is 3.30. The van der Waals surface area contributed by atoms with E-state index in [1.54, 1.807) is 6.92 Å². The lowest BCUT2D eigenvalue weighted by atomic mass is 10.1. The first-order valence-corrected chi connectivity index (χ1v) is 5.28. The first kappa shape index (κ1) is 25.8. The van der Waals surface area contributed by atoms with Crippen molar-refractivity contribution in [3.63, 3.8) is 0 Å². The Labute approximate surface area is 112 Å². The molecule has 0 aromatic carbocycles. The summed E-state index contributed by atoms with van der Waals surface area (Å²) in [6, 6.07) is 0. The van der Waals surface area contributed by atoms with Crippen molar-refractivity contribution < 1.29 is 19.6 Å². The predicted molar refractivity (Wildman–Crippen MR) is 75.6 cm³/mol. The number of hydrogen-bond acceptors (Lipinski definition) is 4. The van der Waals surface area contributed by atoms with E-state index in [9.17, 15) is 4.79 Å². The van der Waals surface area contributed by atoms with Gasteiger partial charge in [0.2, 0.25) is 5.91 Å². The molecule has 0 aromatic rings. The van der Waals surface area contributed by atoms with Crippen LogP contribution >= 0.6 is 0 Å². The Bertz CT molecular complexity index is 176. The molecule has 0 bridgehead atoms. The molecule has 2 unspecified atom stereocenters. The van der Waals surface area contributed by atoms with E-state index in [1.165, 1.54) is 6.92 Å². The highest BCUT2D eigenvalue weighted by molar-refractivity contribution is 5.72. The minimum Gasteiger partial charge on any atom is -0.329 e. The van der Waals surface area contributed by atoms with Crippen molar-refractivity contribution >= 4 is 5.91 Å². The third kappa shape index (κ3) is 20.5. The normalized spacial score (nSPS) is 11.8. The van der Waals surface area contributed by atoms with Crippen LogP contribution in [0.3, 0.4) is 0 Å². The van der Waals surface area contributed by atoms with Gasteiger partial charge < -0.3 is 5.32 Å². The van der Waals surface area contributed by atoms with E-state index >= 15 is 0 Å². The van der Waals surface area contributed by atoms with Crippen LogP contribution in [0, 0.1) is 5.92 Å². The molecule has 112 valence electrons. The molecule has 0 rings (SSSR count). The quantitative estimate of drug-likeness (QED) is 0.252. The summed E-state index contributed by atoms with van der Waals surface area (Å²) in [6.07, 6.45) is 0.509. The summed E-state index contributed by atoms with van der Waals surface area (Å²) in [6.45, 7) is 13.6. The third-order valence-corrected chi connectivity index (χ3v) is 1.69. The van der Waals surface area contributed by atoms with Gasteiger partial charge in [-0.3, -0.25) is 4.79 Å². The molecule has 1 N–H and O–H groups in total. The molecular weight excluding hydrogens is 234 g/mol. The smallest absolute Gasteiger partial charge is 0.218 e. The van der Waals surface area contributed by atoms with E-state index in [0.717, 1.165) is 6.42 Å². The molecule has 0 aliphatic heterocycles. The largest absolute Gasteiger partial charge is 0.329 e. The summed E-state index contributed by atoms with van der Waals surface area (Å²) in [7, 11) is 0. The summed E-state index contributed by atoms with van der Waals surface area (Å²) in [4.78, 5) is 20.0. The van der Waals surface area contributed by atoms with Gasteiger partial charge in [-0.25, -0.2) is 4.89 Å². The van der Waals surface area contributed by atoms with Gasteiger partial charge in [0.05, 0.1) is 6.61 Å². The van der Waals surface area contributed by atoms with Crippen molar-refractivity contribution in [2.24, 2.45) is 5.92 Å².